The zero-order chi connectivity index (χ0) is 21.0. The Morgan fingerprint density at radius 2 is 1.87 bits per heavy atom. The van der Waals surface area contributed by atoms with E-state index in [0.717, 1.165) is 5.56 Å². The number of amides is 1. The van der Waals surface area contributed by atoms with E-state index in [1.165, 1.54) is 6.26 Å². The molecular formula is C23H15Cl2NO4. The van der Waals surface area contributed by atoms with Gasteiger partial charge in [0.1, 0.15) is 11.3 Å². The second-order valence-electron chi connectivity index (χ2n) is 7.26. The first-order valence-electron chi connectivity index (χ1n) is 9.29. The van der Waals surface area contributed by atoms with Crippen LogP contribution in [0.3, 0.4) is 0 Å². The Morgan fingerprint density at radius 1 is 1.03 bits per heavy atom. The lowest BCUT2D eigenvalue weighted by Crippen LogP contribution is -2.29. The fourth-order valence-electron chi connectivity index (χ4n) is 3.90. The molecule has 5 rings (SSSR count). The van der Waals surface area contributed by atoms with Crippen LogP contribution in [0, 0.1) is 6.92 Å². The number of hydrogen-bond acceptors (Lipinski definition) is 4. The van der Waals surface area contributed by atoms with E-state index in [4.69, 9.17) is 32.0 Å². The van der Waals surface area contributed by atoms with Crippen molar-refractivity contribution in [3.63, 3.8) is 0 Å². The molecule has 0 N–H and O–H groups in total. The standard InChI is InChI=1S/C23H15Cl2NO4/c1-12-4-7-18-15(9-12)21(27)19-20(13-5-6-16(24)17(25)10-13)26(23(28)22(19)30-18)11-14-3-2-8-29-14/h2-10,20H,11H2,1H3/t20-/m0/s1. The molecule has 0 saturated carbocycles. The first-order chi connectivity index (χ1) is 14.4. The van der Waals surface area contributed by atoms with Crippen LogP contribution in [0.2, 0.25) is 10.0 Å². The molecule has 30 heavy (non-hydrogen) atoms. The van der Waals surface area contributed by atoms with Crippen molar-refractivity contribution in [1.29, 1.82) is 0 Å². The summed E-state index contributed by atoms with van der Waals surface area (Å²) >= 11 is 12.3. The maximum atomic E-state index is 13.5. The molecule has 1 atom stereocenters. The van der Waals surface area contributed by atoms with Crippen LogP contribution in [0.5, 0.6) is 0 Å². The maximum Gasteiger partial charge on any atom is 0.291 e. The molecule has 2 aromatic carbocycles. The van der Waals surface area contributed by atoms with Gasteiger partial charge in [-0.2, -0.15) is 0 Å². The highest BCUT2D eigenvalue weighted by molar-refractivity contribution is 6.42. The van der Waals surface area contributed by atoms with Crippen molar-refractivity contribution >= 4 is 40.1 Å². The first kappa shape index (κ1) is 19.0. The number of carbonyl (C=O) groups is 1. The second kappa shape index (κ2) is 7.04. The predicted octanol–water partition coefficient (Wildman–Crippen LogP) is 5.75. The van der Waals surface area contributed by atoms with Crippen molar-refractivity contribution in [2.75, 3.05) is 0 Å². The molecule has 0 bridgehead atoms. The average molecular weight is 440 g/mol. The highest BCUT2D eigenvalue weighted by Crippen LogP contribution is 2.40. The van der Waals surface area contributed by atoms with Gasteiger partial charge in [0.05, 0.1) is 39.8 Å². The predicted molar refractivity (Wildman–Crippen MR) is 114 cm³/mol. The number of aryl methyl sites for hydroxylation is 1. The summed E-state index contributed by atoms with van der Waals surface area (Å²) in [6, 6.07) is 13.3. The van der Waals surface area contributed by atoms with Crippen LogP contribution in [0.4, 0.5) is 0 Å². The number of benzene rings is 2. The van der Waals surface area contributed by atoms with Crippen LogP contribution in [-0.2, 0) is 6.54 Å². The molecule has 1 amide bonds. The molecule has 0 spiro atoms. The van der Waals surface area contributed by atoms with Gasteiger partial charge in [0, 0.05) is 0 Å². The van der Waals surface area contributed by atoms with Crippen molar-refractivity contribution < 1.29 is 13.6 Å². The molecule has 1 aliphatic heterocycles. The van der Waals surface area contributed by atoms with Gasteiger partial charge in [-0.3, -0.25) is 9.59 Å². The Hall–Kier alpha value is -3.02. The molecule has 5 nitrogen and oxygen atoms in total. The van der Waals surface area contributed by atoms with Crippen molar-refractivity contribution in [2.24, 2.45) is 0 Å². The van der Waals surface area contributed by atoms with Crippen LogP contribution in [-0.4, -0.2) is 10.8 Å². The van der Waals surface area contributed by atoms with E-state index >= 15 is 0 Å². The van der Waals surface area contributed by atoms with Crippen LogP contribution in [0.25, 0.3) is 11.0 Å². The fraction of sp³-hybridized carbons (Fsp3) is 0.130. The van der Waals surface area contributed by atoms with E-state index in [1.807, 2.05) is 13.0 Å². The molecule has 1 aliphatic rings. The molecule has 150 valence electrons. The summed E-state index contributed by atoms with van der Waals surface area (Å²) in [4.78, 5) is 28.3. The molecular weight excluding hydrogens is 425 g/mol. The van der Waals surface area contributed by atoms with Crippen molar-refractivity contribution in [3.05, 3.63) is 103 Å². The topological polar surface area (TPSA) is 63.7 Å². The third-order valence-corrected chi connectivity index (χ3v) is 6.03. The van der Waals surface area contributed by atoms with Gasteiger partial charge in [-0.05, 0) is 48.9 Å². The first-order valence-corrected chi connectivity index (χ1v) is 10.1. The normalized spacial score (nSPS) is 15.8. The Bertz CT molecular complexity index is 1360. The maximum absolute atomic E-state index is 13.5. The largest absolute Gasteiger partial charge is 0.467 e. The minimum Gasteiger partial charge on any atom is -0.467 e. The minimum atomic E-state index is -0.673. The zero-order valence-electron chi connectivity index (χ0n) is 15.8. The summed E-state index contributed by atoms with van der Waals surface area (Å²) in [5.41, 5.74) is 2.04. The van der Waals surface area contributed by atoms with Gasteiger partial charge in [0.15, 0.2) is 5.43 Å². The number of furan rings is 1. The third kappa shape index (κ3) is 2.93. The highest BCUT2D eigenvalue weighted by atomic mass is 35.5. The Labute approximate surface area is 181 Å². The van der Waals surface area contributed by atoms with E-state index in [9.17, 15) is 9.59 Å². The van der Waals surface area contributed by atoms with Gasteiger partial charge >= 0.3 is 0 Å². The van der Waals surface area contributed by atoms with E-state index in [2.05, 4.69) is 0 Å². The molecule has 0 radical (unpaired) electrons. The van der Waals surface area contributed by atoms with E-state index in [0.29, 0.717) is 37.9 Å². The molecule has 0 aliphatic carbocycles. The van der Waals surface area contributed by atoms with E-state index in [1.54, 1.807) is 47.4 Å². The molecule has 2 aromatic heterocycles. The Kier molecular flexibility index (Phi) is 4.45. The summed E-state index contributed by atoms with van der Waals surface area (Å²) in [6.07, 6.45) is 1.54. The molecule has 0 unspecified atom stereocenters. The van der Waals surface area contributed by atoms with Crippen LogP contribution in [0.1, 0.15) is 39.0 Å². The average Bonchev–Trinajstić information content (AvgIpc) is 3.33. The summed E-state index contributed by atoms with van der Waals surface area (Å²) in [5, 5.41) is 1.17. The number of rotatable bonds is 3. The number of hydrogen-bond donors (Lipinski definition) is 0. The van der Waals surface area contributed by atoms with Gasteiger partial charge in [0.25, 0.3) is 5.91 Å². The summed E-state index contributed by atoms with van der Waals surface area (Å²) in [5.74, 6) is 0.255. The monoisotopic (exact) mass is 439 g/mol. The molecule has 0 saturated heterocycles. The van der Waals surface area contributed by atoms with E-state index < -0.39 is 6.04 Å². The van der Waals surface area contributed by atoms with Crippen molar-refractivity contribution in [3.8, 4) is 0 Å². The molecule has 7 heteroatoms. The number of halogens is 2. The van der Waals surface area contributed by atoms with Crippen LogP contribution >= 0.6 is 23.2 Å². The van der Waals surface area contributed by atoms with Gasteiger partial charge in [-0.15, -0.1) is 0 Å². The van der Waals surface area contributed by atoms with Gasteiger partial charge < -0.3 is 13.7 Å². The Balaban J connectivity index is 1.77. The number of fused-ring (bicyclic) bond motifs is 2. The Morgan fingerprint density at radius 3 is 2.60 bits per heavy atom. The minimum absolute atomic E-state index is 0.0407. The number of carbonyl (C=O) groups excluding carboxylic acids is 1. The summed E-state index contributed by atoms with van der Waals surface area (Å²) in [7, 11) is 0. The van der Waals surface area contributed by atoms with E-state index in [-0.39, 0.29) is 23.6 Å². The summed E-state index contributed by atoms with van der Waals surface area (Å²) in [6.45, 7) is 2.08. The highest BCUT2D eigenvalue weighted by Gasteiger charge is 2.43. The SMILES string of the molecule is Cc1ccc2oc3c(c(=O)c2c1)[C@H](c1ccc(Cl)c(Cl)c1)N(Cc1ccco1)C3=O. The van der Waals surface area contributed by atoms with Gasteiger partial charge in [-0.1, -0.05) is 40.9 Å². The lowest BCUT2D eigenvalue weighted by Gasteiger charge is -2.24. The summed E-state index contributed by atoms with van der Waals surface area (Å²) < 4.78 is 11.4. The fourth-order valence-corrected chi connectivity index (χ4v) is 4.20. The number of nitrogens with zero attached hydrogens (tertiary/aromatic N) is 1. The third-order valence-electron chi connectivity index (χ3n) is 5.29. The lowest BCUT2D eigenvalue weighted by molar-refractivity contribution is 0.0701. The van der Waals surface area contributed by atoms with Crippen LogP contribution < -0.4 is 5.43 Å². The lowest BCUT2D eigenvalue weighted by atomic mass is 9.98. The molecule has 0 fully saturated rings. The molecule has 3 heterocycles. The van der Waals surface area contributed by atoms with Gasteiger partial charge in [-0.25, -0.2) is 0 Å². The van der Waals surface area contributed by atoms with Crippen LogP contribution in [0.15, 0.2) is 68.4 Å². The zero-order valence-corrected chi connectivity index (χ0v) is 17.3. The van der Waals surface area contributed by atoms with Crippen molar-refractivity contribution in [2.45, 2.75) is 19.5 Å². The van der Waals surface area contributed by atoms with Crippen molar-refractivity contribution in [1.82, 2.24) is 4.90 Å². The second-order valence-corrected chi connectivity index (χ2v) is 8.08. The molecule has 4 aromatic rings. The quantitative estimate of drug-likeness (QED) is 0.407. The smallest absolute Gasteiger partial charge is 0.291 e. The van der Waals surface area contributed by atoms with Gasteiger partial charge in [0.2, 0.25) is 5.76 Å².